The third kappa shape index (κ3) is 6.71. The van der Waals surface area contributed by atoms with Crippen LogP contribution >= 0.6 is 0 Å². The second-order valence-electron chi connectivity index (χ2n) is 7.08. The van der Waals surface area contributed by atoms with Crippen LogP contribution < -0.4 is 10.1 Å². The first-order valence-corrected chi connectivity index (χ1v) is 9.72. The van der Waals surface area contributed by atoms with Crippen LogP contribution in [0.3, 0.4) is 0 Å². The van der Waals surface area contributed by atoms with Gasteiger partial charge in [-0.05, 0) is 51.1 Å². The van der Waals surface area contributed by atoms with Gasteiger partial charge in [-0.1, -0.05) is 19.4 Å². The number of likely N-dealkylation sites (N-methyl/N-ethyl adjacent to an activating group) is 1. The van der Waals surface area contributed by atoms with Crippen molar-refractivity contribution in [3.05, 3.63) is 30.0 Å². The second kappa shape index (κ2) is 10.7. The molecule has 0 saturated carbocycles. The first-order valence-electron chi connectivity index (χ1n) is 9.72. The maximum atomic E-state index is 12.2. The Bertz CT molecular complexity index is 752. The Labute approximate surface area is 161 Å². The third-order valence-corrected chi connectivity index (χ3v) is 4.44. The zero-order valence-electron chi connectivity index (χ0n) is 16.6. The average molecular weight is 373 g/mol. The summed E-state index contributed by atoms with van der Waals surface area (Å²) in [6.07, 6.45) is 6.16. The molecular weight excluding hydrogens is 342 g/mol. The molecule has 0 unspecified atom stereocenters. The van der Waals surface area contributed by atoms with Crippen LogP contribution in [0.4, 0.5) is 0 Å². The summed E-state index contributed by atoms with van der Waals surface area (Å²) < 4.78 is 5.62. The predicted octanol–water partition coefficient (Wildman–Crippen LogP) is 3.26. The van der Waals surface area contributed by atoms with Gasteiger partial charge in [-0.15, -0.1) is 0 Å². The number of H-pyrrole nitrogens is 1. The lowest BCUT2D eigenvalue weighted by molar-refractivity contribution is -0.134. The summed E-state index contributed by atoms with van der Waals surface area (Å²) in [6, 6.07) is 5.70. The van der Waals surface area contributed by atoms with Crippen molar-refractivity contribution in [2.24, 2.45) is 0 Å². The van der Waals surface area contributed by atoms with Gasteiger partial charge in [0.1, 0.15) is 5.75 Å². The lowest BCUT2D eigenvalue weighted by Gasteiger charge is -2.10. The number of nitrogens with one attached hydrogen (secondary N) is 2. The molecule has 0 radical (unpaired) electrons. The van der Waals surface area contributed by atoms with Gasteiger partial charge in [0, 0.05) is 43.0 Å². The molecule has 0 saturated heterocycles. The number of rotatable bonds is 11. The minimum atomic E-state index is -0.273. The van der Waals surface area contributed by atoms with Crippen LogP contribution in [0, 0.1) is 0 Å². The number of amides is 1. The van der Waals surface area contributed by atoms with Crippen LogP contribution in [-0.4, -0.2) is 48.9 Å². The molecule has 2 aromatic rings. The Morgan fingerprint density at radius 3 is 2.74 bits per heavy atom. The lowest BCUT2D eigenvalue weighted by atomic mass is 10.1. The zero-order chi connectivity index (χ0) is 19.6. The van der Waals surface area contributed by atoms with Gasteiger partial charge in [0.2, 0.25) is 5.91 Å². The van der Waals surface area contributed by atoms with Gasteiger partial charge in [-0.25, -0.2) is 0 Å². The van der Waals surface area contributed by atoms with E-state index < -0.39 is 0 Å². The highest BCUT2D eigenvalue weighted by atomic mass is 16.5. The van der Waals surface area contributed by atoms with Gasteiger partial charge in [0.25, 0.3) is 0 Å². The van der Waals surface area contributed by atoms with Crippen molar-refractivity contribution in [1.82, 2.24) is 15.2 Å². The smallest absolute Gasteiger partial charge is 0.311 e. The quantitative estimate of drug-likeness (QED) is 0.360. The molecule has 148 valence electrons. The number of ether oxygens (including phenoxy) is 1. The van der Waals surface area contributed by atoms with Gasteiger partial charge in [-0.2, -0.15) is 0 Å². The Kier molecular flexibility index (Phi) is 8.33. The molecule has 6 nitrogen and oxygen atoms in total. The molecule has 0 bridgehead atoms. The number of esters is 1. The highest BCUT2D eigenvalue weighted by Crippen LogP contribution is 2.29. The number of nitrogens with zero attached hydrogens (tertiary/aromatic N) is 1. The van der Waals surface area contributed by atoms with E-state index in [2.05, 4.69) is 22.1 Å². The van der Waals surface area contributed by atoms with Crippen LogP contribution in [0.1, 0.15) is 44.6 Å². The normalized spacial score (nSPS) is 11.1. The van der Waals surface area contributed by atoms with Gasteiger partial charge < -0.3 is 19.9 Å². The van der Waals surface area contributed by atoms with E-state index in [1.807, 2.05) is 38.5 Å². The lowest BCUT2D eigenvalue weighted by Crippen LogP contribution is -2.24. The summed E-state index contributed by atoms with van der Waals surface area (Å²) >= 11 is 0. The fraction of sp³-hybridized carbons (Fsp3) is 0.524. The van der Waals surface area contributed by atoms with Crippen LogP contribution in [0.15, 0.2) is 24.4 Å². The zero-order valence-corrected chi connectivity index (χ0v) is 16.6. The van der Waals surface area contributed by atoms with Crippen LogP contribution in [0.5, 0.6) is 5.75 Å². The number of aromatic amines is 1. The van der Waals surface area contributed by atoms with E-state index >= 15 is 0 Å². The molecule has 2 rings (SSSR count). The predicted molar refractivity (Wildman–Crippen MR) is 108 cm³/mol. The number of hydrogen-bond donors (Lipinski definition) is 2. The minimum absolute atomic E-state index is 0.0489. The van der Waals surface area contributed by atoms with Crippen molar-refractivity contribution in [2.75, 3.05) is 27.2 Å². The van der Waals surface area contributed by atoms with Crippen LogP contribution in [0.25, 0.3) is 10.9 Å². The fourth-order valence-electron chi connectivity index (χ4n) is 2.91. The number of benzene rings is 1. The van der Waals surface area contributed by atoms with E-state index in [0.29, 0.717) is 25.1 Å². The molecule has 0 aliphatic carbocycles. The third-order valence-electron chi connectivity index (χ3n) is 4.44. The summed E-state index contributed by atoms with van der Waals surface area (Å²) in [4.78, 5) is 29.2. The van der Waals surface area contributed by atoms with Crippen molar-refractivity contribution >= 4 is 22.8 Å². The van der Waals surface area contributed by atoms with E-state index in [1.54, 1.807) is 0 Å². The summed E-state index contributed by atoms with van der Waals surface area (Å²) in [5.74, 6) is 0.373. The fourth-order valence-corrected chi connectivity index (χ4v) is 2.91. The second-order valence-corrected chi connectivity index (χ2v) is 7.08. The van der Waals surface area contributed by atoms with Gasteiger partial charge in [0.05, 0.1) is 0 Å². The summed E-state index contributed by atoms with van der Waals surface area (Å²) in [6.45, 7) is 3.48. The highest BCUT2D eigenvalue weighted by molar-refractivity contribution is 5.91. The molecule has 1 amide bonds. The van der Waals surface area contributed by atoms with Crippen molar-refractivity contribution in [3.63, 3.8) is 0 Å². The summed E-state index contributed by atoms with van der Waals surface area (Å²) in [5, 5.41) is 3.81. The number of fused-ring (bicyclic) bond motifs is 1. The average Bonchev–Trinajstić information content (AvgIpc) is 3.06. The molecular formula is C21H31N3O3. The maximum absolute atomic E-state index is 12.2. The van der Waals surface area contributed by atoms with Crippen molar-refractivity contribution in [2.45, 2.75) is 45.4 Å². The number of hydrogen-bond acceptors (Lipinski definition) is 4. The summed E-state index contributed by atoms with van der Waals surface area (Å²) in [5.41, 5.74) is 2.11. The Hall–Kier alpha value is -2.34. The molecule has 0 atom stereocenters. The molecule has 0 fully saturated rings. The Balaban J connectivity index is 1.88. The van der Waals surface area contributed by atoms with E-state index in [0.717, 1.165) is 42.3 Å². The van der Waals surface area contributed by atoms with E-state index in [4.69, 9.17) is 4.74 Å². The summed E-state index contributed by atoms with van der Waals surface area (Å²) in [7, 11) is 4.08. The highest BCUT2D eigenvalue weighted by Gasteiger charge is 2.13. The van der Waals surface area contributed by atoms with E-state index in [-0.39, 0.29) is 18.3 Å². The Morgan fingerprint density at radius 1 is 1.19 bits per heavy atom. The van der Waals surface area contributed by atoms with Crippen molar-refractivity contribution < 1.29 is 14.3 Å². The molecule has 6 heteroatoms. The minimum Gasteiger partial charge on any atom is -0.426 e. The van der Waals surface area contributed by atoms with Crippen molar-refractivity contribution in [1.29, 1.82) is 0 Å². The van der Waals surface area contributed by atoms with Gasteiger partial charge in [-0.3, -0.25) is 9.59 Å². The Morgan fingerprint density at radius 2 is 2.00 bits per heavy atom. The SMILES string of the molecule is CCCCC(=O)NCCCC(=O)Oc1cccc2[nH]cc(CCN(C)C)c12. The molecule has 0 aliphatic rings. The van der Waals surface area contributed by atoms with E-state index in [9.17, 15) is 9.59 Å². The van der Waals surface area contributed by atoms with Crippen LogP contribution in [-0.2, 0) is 16.0 Å². The van der Waals surface area contributed by atoms with Gasteiger partial charge >= 0.3 is 5.97 Å². The van der Waals surface area contributed by atoms with Crippen LogP contribution in [0.2, 0.25) is 0 Å². The van der Waals surface area contributed by atoms with Crippen molar-refractivity contribution in [3.8, 4) is 5.75 Å². The molecule has 27 heavy (non-hydrogen) atoms. The number of carbonyl (C=O) groups excluding carboxylic acids is 2. The molecule has 1 aromatic carbocycles. The molecule has 0 aliphatic heterocycles. The van der Waals surface area contributed by atoms with E-state index in [1.165, 1.54) is 0 Å². The molecule has 0 spiro atoms. The number of carbonyl (C=O) groups is 2. The number of unbranched alkanes of at least 4 members (excludes halogenated alkanes) is 1. The maximum Gasteiger partial charge on any atom is 0.311 e. The van der Waals surface area contributed by atoms with Gasteiger partial charge in [0.15, 0.2) is 0 Å². The topological polar surface area (TPSA) is 74.4 Å². The standard InChI is InChI=1S/C21H31N3O3/c1-4-5-10-19(25)22-13-7-11-20(26)27-18-9-6-8-17-21(18)16(15-23-17)12-14-24(2)3/h6,8-9,15,23H,4-5,7,10-14H2,1-3H3,(H,22,25). The molecule has 1 aromatic heterocycles. The first-order chi connectivity index (χ1) is 13.0. The largest absolute Gasteiger partial charge is 0.426 e. The number of aromatic nitrogens is 1. The first kappa shape index (κ1) is 21.0. The molecule has 2 N–H and O–H groups in total. The monoisotopic (exact) mass is 373 g/mol. The molecule has 1 heterocycles.